The fourth-order valence-electron chi connectivity index (χ4n) is 3.78. The summed E-state index contributed by atoms with van der Waals surface area (Å²) in [5, 5.41) is 0.697. The third-order valence-electron chi connectivity index (χ3n) is 5.10. The maximum absolute atomic E-state index is 12.9. The van der Waals surface area contributed by atoms with E-state index < -0.39 is 5.97 Å². The van der Waals surface area contributed by atoms with Gasteiger partial charge in [-0.1, -0.05) is 48.5 Å². The standard InChI is InChI=1S/C24H24N2O4/c1-16-13-26(14-17(2)30-16)23(27)15-29-24(28)20-12-22(18-8-4-3-5-9-18)25-21-11-7-6-10-19(20)21/h3-12,16-17H,13-15H2,1-2H3. The Kier molecular flexibility index (Phi) is 5.77. The average Bonchev–Trinajstić information content (AvgIpc) is 2.76. The number of ether oxygens (including phenoxy) is 2. The molecule has 2 atom stereocenters. The molecule has 0 aliphatic carbocycles. The molecule has 154 valence electrons. The van der Waals surface area contributed by atoms with Gasteiger partial charge in [-0.25, -0.2) is 9.78 Å². The number of carbonyl (C=O) groups excluding carboxylic acids is 2. The van der Waals surface area contributed by atoms with Crippen molar-refractivity contribution in [2.24, 2.45) is 0 Å². The first-order valence-electron chi connectivity index (χ1n) is 10.1. The van der Waals surface area contributed by atoms with Gasteiger partial charge in [-0.15, -0.1) is 0 Å². The molecule has 0 N–H and O–H groups in total. The first kappa shape index (κ1) is 20.0. The van der Waals surface area contributed by atoms with Crippen molar-refractivity contribution < 1.29 is 19.1 Å². The van der Waals surface area contributed by atoms with Gasteiger partial charge >= 0.3 is 5.97 Å². The molecule has 1 saturated heterocycles. The lowest BCUT2D eigenvalue weighted by Crippen LogP contribution is -2.49. The van der Waals surface area contributed by atoms with Gasteiger partial charge < -0.3 is 14.4 Å². The van der Waals surface area contributed by atoms with Crippen molar-refractivity contribution in [2.45, 2.75) is 26.1 Å². The van der Waals surface area contributed by atoms with Crippen molar-refractivity contribution >= 4 is 22.8 Å². The molecule has 2 unspecified atom stereocenters. The highest BCUT2D eigenvalue weighted by molar-refractivity contribution is 6.05. The summed E-state index contributed by atoms with van der Waals surface area (Å²) in [5.41, 5.74) is 2.69. The first-order valence-corrected chi connectivity index (χ1v) is 10.1. The molecule has 1 aliphatic heterocycles. The molecule has 2 aromatic carbocycles. The van der Waals surface area contributed by atoms with Crippen LogP contribution in [0.1, 0.15) is 24.2 Å². The minimum atomic E-state index is -0.534. The number of esters is 1. The van der Waals surface area contributed by atoms with Gasteiger partial charge in [-0.2, -0.15) is 0 Å². The summed E-state index contributed by atoms with van der Waals surface area (Å²) in [7, 11) is 0. The highest BCUT2D eigenvalue weighted by Gasteiger charge is 2.26. The van der Waals surface area contributed by atoms with E-state index in [2.05, 4.69) is 4.98 Å². The van der Waals surface area contributed by atoms with Crippen molar-refractivity contribution in [3.8, 4) is 11.3 Å². The van der Waals surface area contributed by atoms with Crippen LogP contribution >= 0.6 is 0 Å². The number of morpholine rings is 1. The minimum absolute atomic E-state index is 0.0361. The highest BCUT2D eigenvalue weighted by Crippen LogP contribution is 2.25. The van der Waals surface area contributed by atoms with E-state index in [-0.39, 0.29) is 24.7 Å². The third kappa shape index (κ3) is 4.33. The van der Waals surface area contributed by atoms with Crippen LogP contribution in [0.15, 0.2) is 60.7 Å². The Morgan fingerprint density at radius 3 is 2.43 bits per heavy atom. The van der Waals surface area contributed by atoms with Crippen LogP contribution in [-0.2, 0) is 14.3 Å². The zero-order valence-electron chi connectivity index (χ0n) is 17.1. The van der Waals surface area contributed by atoms with E-state index >= 15 is 0 Å². The van der Waals surface area contributed by atoms with Crippen molar-refractivity contribution in [2.75, 3.05) is 19.7 Å². The molecule has 30 heavy (non-hydrogen) atoms. The van der Waals surface area contributed by atoms with Gasteiger partial charge in [-0.3, -0.25) is 4.79 Å². The predicted molar refractivity (Wildman–Crippen MR) is 114 cm³/mol. The Labute approximate surface area is 175 Å². The number of carbonyl (C=O) groups is 2. The van der Waals surface area contributed by atoms with Gasteiger partial charge in [0, 0.05) is 24.0 Å². The van der Waals surface area contributed by atoms with E-state index in [0.29, 0.717) is 35.2 Å². The zero-order valence-corrected chi connectivity index (χ0v) is 17.1. The Morgan fingerprint density at radius 1 is 1.03 bits per heavy atom. The molecule has 1 fully saturated rings. The van der Waals surface area contributed by atoms with Gasteiger partial charge in [0.1, 0.15) is 0 Å². The van der Waals surface area contributed by atoms with Crippen LogP contribution < -0.4 is 0 Å². The number of hydrogen-bond donors (Lipinski definition) is 0. The molecular formula is C24H24N2O4. The van der Waals surface area contributed by atoms with E-state index in [1.807, 2.05) is 68.4 Å². The van der Waals surface area contributed by atoms with E-state index in [1.165, 1.54) is 0 Å². The predicted octanol–water partition coefficient (Wildman–Crippen LogP) is 3.69. The van der Waals surface area contributed by atoms with Crippen LogP contribution in [0.4, 0.5) is 0 Å². The lowest BCUT2D eigenvalue weighted by atomic mass is 10.0. The van der Waals surface area contributed by atoms with Crippen LogP contribution in [0.25, 0.3) is 22.2 Å². The summed E-state index contributed by atoms with van der Waals surface area (Å²) < 4.78 is 11.1. The smallest absolute Gasteiger partial charge is 0.339 e. The number of para-hydroxylation sites is 1. The van der Waals surface area contributed by atoms with Gasteiger partial charge in [0.15, 0.2) is 6.61 Å². The molecule has 1 aliphatic rings. The molecule has 6 heteroatoms. The fourth-order valence-corrected chi connectivity index (χ4v) is 3.78. The van der Waals surface area contributed by atoms with Crippen LogP contribution in [0.5, 0.6) is 0 Å². The molecule has 3 aromatic rings. The number of aromatic nitrogens is 1. The number of fused-ring (bicyclic) bond motifs is 1. The number of benzene rings is 2. The van der Waals surface area contributed by atoms with Crippen molar-refractivity contribution in [1.29, 1.82) is 0 Å². The molecule has 0 bridgehead atoms. The van der Waals surface area contributed by atoms with Gasteiger partial charge in [0.05, 0.1) is 29.0 Å². The quantitative estimate of drug-likeness (QED) is 0.621. The number of hydrogen-bond acceptors (Lipinski definition) is 5. The molecule has 6 nitrogen and oxygen atoms in total. The van der Waals surface area contributed by atoms with Crippen LogP contribution in [-0.4, -0.2) is 53.7 Å². The van der Waals surface area contributed by atoms with Crippen molar-refractivity contribution in [3.63, 3.8) is 0 Å². The van der Waals surface area contributed by atoms with Crippen molar-refractivity contribution in [3.05, 3.63) is 66.2 Å². The molecule has 0 spiro atoms. The number of pyridine rings is 1. The second-order valence-electron chi connectivity index (χ2n) is 7.57. The highest BCUT2D eigenvalue weighted by atomic mass is 16.5. The topological polar surface area (TPSA) is 68.7 Å². The van der Waals surface area contributed by atoms with Crippen LogP contribution in [0, 0.1) is 0 Å². The van der Waals surface area contributed by atoms with E-state index in [4.69, 9.17) is 9.47 Å². The van der Waals surface area contributed by atoms with E-state index in [9.17, 15) is 9.59 Å². The normalized spacial score (nSPS) is 18.9. The molecule has 1 aromatic heterocycles. The van der Waals surface area contributed by atoms with Gasteiger partial charge in [0.25, 0.3) is 5.91 Å². The third-order valence-corrected chi connectivity index (χ3v) is 5.10. The second-order valence-corrected chi connectivity index (χ2v) is 7.57. The Bertz CT molecular complexity index is 1060. The summed E-state index contributed by atoms with van der Waals surface area (Å²) >= 11 is 0. The monoisotopic (exact) mass is 404 g/mol. The summed E-state index contributed by atoms with van der Waals surface area (Å²) in [4.78, 5) is 31.8. The maximum Gasteiger partial charge on any atom is 0.339 e. The summed E-state index contributed by atoms with van der Waals surface area (Å²) in [6.07, 6.45) is -0.0723. The van der Waals surface area contributed by atoms with Gasteiger partial charge in [-0.05, 0) is 26.0 Å². The number of rotatable bonds is 4. The fraction of sp³-hybridized carbons (Fsp3) is 0.292. The van der Waals surface area contributed by atoms with Crippen LogP contribution in [0.2, 0.25) is 0 Å². The van der Waals surface area contributed by atoms with E-state index in [1.54, 1.807) is 11.0 Å². The SMILES string of the molecule is CC1CN(C(=O)COC(=O)c2cc(-c3ccccc3)nc3ccccc23)CC(C)O1. The minimum Gasteiger partial charge on any atom is -0.452 e. The largest absolute Gasteiger partial charge is 0.452 e. The first-order chi connectivity index (χ1) is 14.5. The van der Waals surface area contributed by atoms with Gasteiger partial charge in [0.2, 0.25) is 0 Å². The molecule has 0 radical (unpaired) electrons. The van der Waals surface area contributed by atoms with E-state index in [0.717, 1.165) is 5.56 Å². The molecule has 1 amide bonds. The Hall–Kier alpha value is -3.25. The van der Waals surface area contributed by atoms with Crippen LogP contribution in [0.3, 0.4) is 0 Å². The Balaban J connectivity index is 1.56. The maximum atomic E-state index is 12.9. The second kappa shape index (κ2) is 8.63. The lowest BCUT2D eigenvalue weighted by molar-refractivity contribution is -0.146. The molecule has 4 rings (SSSR count). The summed E-state index contributed by atoms with van der Waals surface area (Å²) in [6.45, 7) is 4.55. The number of nitrogens with zero attached hydrogens (tertiary/aromatic N) is 2. The lowest BCUT2D eigenvalue weighted by Gasteiger charge is -2.35. The summed E-state index contributed by atoms with van der Waals surface area (Å²) in [6, 6.07) is 18.8. The number of amides is 1. The average molecular weight is 404 g/mol. The van der Waals surface area contributed by atoms with Crippen molar-refractivity contribution in [1.82, 2.24) is 9.88 Å². The Morgan fingerprint density at radius 2 is 1.70 bits per heavy atom. The molecular weight excluding hydrogens is 380 g/mol. The molecule has 0 saturated carbocycles. The zero-order chi connectivity index (χ0) is 21.1. The summed E-state index contributed by atoms with van der Waals surface area (Å²) in [5.74, 6) is -0.750. The molecule has 2 heterocycles.